The van der Waals surface area contributed by atoms with Gasteiger partial charge in [0.1, 0.15) is 0 Å². The highest BCUT2D eigenvalue weighted by atomic mass is 16.6. The van der Waals surface area contributed by atoms with Crippen LogP contribution in [0.2, 0.25) is 0 Å². The first kappa shape index (κ1) is 3.96. The Labute approximate surface area is 47.9 Å². The van der Waals surface area contributed by atoms with Gasteiger partial charge in [-0.1, -0.05) is 12.1 Å². The van der Waals surface area contributed by atoms with Crippen LogP contribution < -0.4 is 4.74 Å². The summed E-state index contributed by atoms with van der Waals surface area (Å²) in [5.74, 6) is 1.95. The molecule has 0 atom stereocenters. The number of benzene rings is 1. The zero-order valence-electron chi connectivity index (χ0n) is 4.35. The number of fused-ring (bicyclic) bond motifs is 1. The van der Waals surface area contributed by atoms with Gasteiger partial charge in [-0.3, -0.25) is 0 Å². The summed E-state index contributed by atoms with van der Waals surface area (Å²) in [7, 11) is 0. The molecule has 0 saturated carbocycles. The molecule has 1 aliphatic heterocycles. The third-order valence-electron chi connectivity index (χ3n) is 1.23. The predicted molar refractivity (Wildman–Crippen MR) is 31.0 cm³/mol. The minimum Gasteiger partial charge on any atom is -0.449 e. The highest BCUT2D eigenvalue weighted by Gasteiger charge is 2.20. The maximum absolute atomic E-state index is 5.01. The molecule has 0 spiro atoms. The highest BCUT2D eigenvalue weighted by molar-refractivity contribution is 5.59. The minimum absolute atomic E-state index is 0.965. The average molecular weight is 105 g/mol. The molecule has 0 amide bonds. The van der Waals surface area contributed by atoms with Gasteiger partial charge in [-0.25, -0.2) is 0 Å². The monoisotopic (exact) mass is 105 g/mol. The zero-order valence-corrected chi connectivity index (χ0v) is 4.35. The van der Waals surface area contributed by atoms with E-state index in [1.165, 1.54) is 0 Å². The summed E-state index contributed by atoms with van der Waals surface area (Å²) in [5, 5.41) is 0. The molecule has 1 radical (unpaired) electrons. The van der Waals surface area contributed by atoms with Crippen LogP contribution in [0.25, 0.3) is 0 Å². The van der Waals surface area contributed by atoms with Gasteiger partial charge in [0.2, 0.25) is 0 Å². The largest absolute Gasteiger partial charge is 0.449 e. The fourth-order valence-corrected chi connectivity index (χ4v) is 0.745. The fraction of sp³-hybridized carbons (Fsp3) is 0. The maximum atomic E-state index is 5.01. The van der Waals surface area contributed by atoms with E-state index in [2.05, 4.69) is 6.92 Å². The molecular weight excluding hydrogens is 100 g/mol. The lowest BCUT2D eigenvalue weighted by Crippen LogP contribution is -1.57. The number of hydrogen-bond acceptors (Lipinski definition) is 1. The molecule has 0 aromatic heterocycles. The lowest BCUT2D eigenvalue weighted by Gasteiger charge is -1.76. The Hall–Kier alpha value is -0.980. The summed E-state index contributed by atoms with van der Waals surface area (Å²) in [4.78, 5) is 0. The molecule has 1 aromatic rings. The van der Waals surface area contributed by atoms with Crippen molar-refractivity contribution < 1.29 is 4.74 Å². The summed E-state index contributed by atoms with van der Waals surface area (Å²) in [5.41, 5.74) is 0.988. The number of para-hydroxylation sites is 1. The second-order valence-electron chi connectivity index (χ2n) is 1.85. The molecule has 2 rings (SSSR count). The van der Waals surface area contributed by atoms with Crippen LogP contribution in [0.4, 0.5) is 0 Å². The fourth-order valence-electron chi connectivity index (χ4n) is 0.745. The van der Waals surface area contributed by atoms with Crippen LogP contribution in [0, 0.1) is 6.92 Å². The van der Waals surface area contributed by atoms with Gasteiger partial charge in [-0.15, -0.1) is 0 Å². The molecule has 1 aliphatic rings. The number of hydrogen-bond donors (Lipinski definition) is 0. The van der Waals surface area contributed by atoms with E-state index in [9.17, 15) is 0 Å². The van der Waals surface area contributed by atoms with Crippen molar-refractivity contribution in [3.63, 3.8) is 0 Å². The minimum atomic E-state index is 0.965. The molecule has 0 unspecified atom stereocenters. The first-order chi connectivity index (χ1) is 3.88. The molecule has 1 aromatic carbocycles. The van der Waals surface area contributed by atoms with Gasteiger partial charge in [0.25, 0.3) is 0 Å². The molecule has 0 N–H and O–H groups in total. The van der Waals surface area contributed by atoms with Crippen molar-refractivity contribution >= 4 is 0 Å². The summed E-state index contributed by atoms with van der Waals surface area (Å²) in [6, 6.07) is 5.81. The lowest BCUT2D eigenvalue weighted by molar-refractivity contribution is 0.648. The van der Waals surface area contributed by atoms with Crippen LogP contribution >= 0.6 is 0 Å². The molecule has 0 bridgehead atoms. The third-order valence-corrected chi connectivity index (χ3v) is 1.23. The Morgan fingerprint density at radius 1 is 1.38 bits per heavy atom. The lowest BCUT2D eigenvalue weighted by atomic mass is 10.2. The second kappa shape index (κ2) is 1.05. The van der Waals surface area contributed by atoms with E-state index in [1.807, 2.05) is 18.2 Å². The van der Waals surface area contributed by atoms with Crippen LogP contribution in [0.1, 0.15) is 5.56 Å². The van der Waals surface area contributed by atoms with E-state index in [-0.39, 0.29) is 0 Å². The van der Waals surface area contributed by atoms with E-state index < -0.39 is 0 Å². The highest BCUT2D eigenvalue weighted by Crippen LogP contribution is 2.47. The standard InChI is InChI=1S/C7H5O/c1-5-3-2-4-6-7(5)8-6/h2-4H,1H2. The van der Waals surface area contributed by atoms with Gasteiger partial charge in [0, 0.05) is 0 Å². The van der Waals surface area contributed by atoms with Gasteiger partial charge in [-0.05, 0) is 18.6 Å². The molecule has 8 heavy (non-hydrogen) atoms. The van der Waals surface area contributed by atoms with Gasteiger partial charge >= 0.3 is 0 Å². The molecule has 1 heteroatoms. The van der Waals surface area contributed by atoms with Crippen molar-refractivity contribution in [2.45, 2.75) is 0 Å². The van der Waals surface area contributed by atoms with Gasteiger partial charge in [0.15, 0.2) is 11.5 Å². The molecule has 39 valence electrons. The Morgan fingerprint density at radius 2 is 2.25 bits per heavy atom. The summed E-state index contributed by atoms with van der Waals surface area (Å²) >= 11 is 0. The van der Waals surface area contributed by atoms with Crippen LogP contribution in [-0.4, -0.2) is 0 Å². The quantitative estimate of drug-likeness (QED) is 0.466. The van der Waals surface area contributed by atoms with Crippen molar-refractivity contribution in [2.24, 2.45) is 0 Å². The van der Waals surface area contributed by atoms with Gasteiger partial charge < -0.3 is 4.74 Å². The number of ether oxygens (including phenoxy) is 1. The topological polar surface area (TPSA) is 12.5 Å². The normalized spacial score (nSPS) is 12.1. The van der Waals surface area contributed by atoms with Crippen molar-refractivity contribution in [1.82, 2.24) is 0 Å². The molecule has 0 fully saturated rings. The smallest absolute Gasteiger partial charge is 0.173 e. The predicted octanol–water partition coefficient (Wildman–Crippen LogP) is 1.97. The summed E-state index contributed by atoms with van der Waals surface area (Å²) < 4.78 is 5.01. The molecule has 1 heterocycles. The molecular formula is C7H5O. The molecule has 1 nitrogen and oxygen atoms in total. The van der Waals surface area contributed by atoms with Gasteiger partial charge in [0.05, 0.1) is 0 Å². The Bertz CT molecular complexity index is 228. The summed E-state index contributed by atoms with van der Waals surface area (Å²) in [6.45, 7) is 3.75. The van der Waals surface area contributed by atoms with E-state index in [0.29, 0.717) is 0 Å². The molecule has 0 aliphatic carbocycles. The first-order valence-electron chi connectivity index (χ1n) is 2.51. The van der Waals surface area contributed by atoms with Crippen molar-refractivity contribution in [3.8, 4) is 11.5 Å². The molecule has 0 saturated heterocycles. The Morgan fingerprint density at radius 3 is 2.88 bits per heavy atom. The third kappa shape index (κ3) is 0.360. The van der Waals surface area contributed by atoms with Crippen molar-refractivity contribution in [3.05, 3.63) is 30.7 Å². The van der Waals surface area contributed by atoms with E-state index in [0.717, 1.165) is 17.1 Å². The Balaban J connectivity index is 2.70. The zero-order chi connectivity index (χ0) is 5.56. The maximum Gasteiger partial charge on any atom is 0.173 e. The van der Waals surface area contributed by atoms with Crippen LogP contribution in [0.3, 0.4) is 0 Å². The average Bonchev–Trinajstić information content (AvgIpc) is 2.45. The summed E-state index contributed by atoms with van der Waals surface area (Å²) in [6.07, 6.45) is 0. The Kier molecular flexibility index (Phi) is 0.519. The van der Waals surface area contributed by atoms with Crippen LogP contribution in [0.5, 0.6) is 11.5 Å². The van der Waals surface area contributed by atoms with E-state index in [4.69, 9.17) is 4.74 Å². The second-order valence-corrected chi connectivity index (χ2v) is 1.85. The first-order valence-corrected chi connectivity index (χ1v) is 2.51. The number of rotatable bonds is 0. The van der Waals surface area contributed by atoms with E-state index in [1.54, 1.807) is 0 Å². The van der Waals surface area contributed by atoms with Crippen molar-refractivity contribution in [1.29, 1.82) is 0 Å². The SMILES string of the molecule is [CH2]c1cccc2c1O2. The van der Waals surface area contributed by atoms with Crippen LogP contribution in [0.15, 0.2) is 18.2 Å². The van der Waals surface area contributed by atoms with Crippen molar-refractivity contribution in [2.75, 3.05) is 0 Å². The van der Waals surface area contributed by atoms with Crippen LogP contribution in [-0.2, 0) is 0 Å². The van der Waals surface area contributed by atoms with Gasteiger partial charge in [-0.2, -0.15) is 0 Å². The van der Waals surface area contributed by atoms with E-state index >= 15 is 0 Å².